The summed E-state index contributed by atoms with van der Waals surface area (Å²) in [6, 6.07) is 32.5. The van der Waals surface area contributed by atoms with Crippen molar-refractivity contribution in [1.82, 2.24) is 9.80 Å². The van der Waals surface area contributed by atoms with Crippen LogP contribution >= 0.6 is 7.92 Å². The van der Waals surface area contributed by atoms with Gasteiger partial charge in [0.05, 0.1) is 7.92 Å². The molecule has 0 N–H and O–H groups in total. The average Bonchev–Trinajstić information content (AvgIpc) is 3.19. The van der Waals surface area contributed by atoms with Gasteiger partial charge in [0.2, 0.25) is 0 Å². The number of rotatable bonds is 3. The molecule has 0 aliphatic carbocycles. The summed E-state index contributed by atoms with van der Waals surface area (Å²) in [6.45, 7) is 15.8. The van der Waals surface area contributed by atoms with E-state index in [1.54, 1.807) is 0 Å². The van der Waals surface area contributed by atoms with Gasteiger partial charge in [-0.05, 0) is 36.4 Å². The quantitative estimate of drug-likeness (QED) is 0.333. The van der Waals surface area contributed by atoms with E-state index in [0.29, 0.717) is 0 Å². The van der Waals surface area contributed by atoms with Gasteiger partial charge in [-0.15, -0.1) is 0 Å². The zero-order valence-electron chi connectivity index (χ0n) is 20.8. The van der Waals surface area contributed by atoms with Crippen LogP contribution in [0.15, 0.2) is 91.0 Å². The largest absolute Gasteiger partial charge is 0.102 e. The van der Waals surface area contributed by atoms with E-state index in [-0.39, 0.29) is 11.1 Å². The third-order valence-corrected chi connectivity index (χ3v) is 9.34. The molecule has 4 heteroatoms. The van der Waals surface area contributed by atoms with Crippen LogP contribution in [0.4, 0.5) is 0 Å². The molecule has 3 aromatic rings. The molecule has 0 atom stereocenters. The van der Waals surface area contributed by atoms with E-state index in [1.165, 1.54) is 20.1 Å². The SMILES string of the molecule is CC(C)(C)N1CCN(C(C)(C)C)[C]1=[Pd].c1ccc([PH+](c2ccccc2)c2ccccc2)cc1. The molecule has 1 saturated heterocycles. The fourth-order valence-electron chi connectivity index (χ4n) is 4.01. The normalized spacial score (nSPS) is 15.5. The van der Waals surface area contributed by atoms with Crippen molar-refractivity contribution in [2.75, 3.05) is 13.1 Å². The Labute approximate surface area is 212 Å². The van der Waals surface area contributed by atoms with Crippen LogP contribution in [0.25, 0.3) is 0 Å². The Morgan fingerprint density at radius 3 is 1.03 bits per heavy atom. The van der Waals surface area contributed by atoms with Crippen LogP contribution < -0.4 is 15.9 Å². The van der Waals surface area contributed by atoms with E-state index in [9.17, 15) is 0 Å². The van der Waals surface area contributed by atoms with E-state index in [2.05, 4.69) is 161 Å². The smallest absolute Gasteiger partial charge is 0.0620 e. The maximum Gasteiger partial charge on any atom is 0.102 e. The van der Waals surface area contributed by atoms with Crippen LogP contribution in [0.3, 0.4) is 0 Å². The van der Waals surface area contributed by atoms with Gasteiger partial charge in [0.15, 0.2) is 0 Å². The minimum absolute atomic E-state index is 0.217. The number of nitrogens with zero attached hydrogens (tertiary/aromatic N) is 2. The molecule has 33 heavy (non-hydrogen) atoms. The average molecular weight is 552 g/mol. The van der Waals surface area contributed by atoms with E-state index in [1.807, 2.05) is 0 Å². The third kappa shape index (κ3) is 7.02. The molecular formula is C29H38N2PPd+. The first-order valence-electron chi connectivity index (χ1n) is 11.7. The summed E-state index contributed by atoms with van der Waals surface area (Å²) in [4.78, 5) is 4.86. The van der Waals surface area contributed by atoms with E-state index in [4.69, 9.17) is 0 Å². The molecule has 1 heterocycles. The van der Waals surface area contributed by atoms with Gasteiger partial charge in [-0.3, -0.25) is 0 Å². The van der Waals surface area contributed by atoms with Crippen LogP contribution in [-0.4, -0.2) is 38.2 Å². The molecule has 1 aliphatic rings. The van der Waals surface area contributed by atoms with Gasteiger partial charge in [0.25, 0.3) is 0 Å². The molecule has 0 aromatic heterocycles. The zero-order valence-corrected chi connectivity index (χ0v) is 23.3. The maximum absolute atomic E-state index is 3.42. The summed E-state index contributed by atoms with van der Waals surface area (Å²) < 4.78 is 1.27. The molecule has 4 rings (SSSR count). The molecule has 0 unspecified atom stereocenters. The summed E-state index contributed by atoms with van der Waals surface area (Å²) in [5.41, 5.74) is 0.433. The van der Waals surface area contributed by atoms with Gasteiger partial charge in [-0.2, -0.15) is 0 Å². The number of benzene rings is 3. The summed E-state index contributed by atoms with van der Waals surface area (Å²) in [7, 11) is -0.877. The van der Waals surface area contributed by atoms with Crippen LogP contribution in [0.2, 0.25) is 0 Å². The van der Waals surface area contributed by atoms with Crippen molar-refractivity contribution in [1.29, 1.82) is 0 Å². The summed E-state index contributed by atoms with van der Waals surface area (Å²) >= 11 is 3.42. The molecule has 3 aromatic carbocycles. The number of hydrogen-bond acceptors (Lipinski definition) is 2. The summed E-state index contributed by atoms with van der Waals surface area (Å²) in [5.74, 6) is 0. The second-order valence-corrected chi connectivity index (χ2v) is 13.5. The second kappa shape index (κ2) is 11.3. The topological polar surface area (TPSA) is 6.48 Å². The van der Waals surface area contributed by atoms with Crippen molar-refractivity contribution in [2.24, 2.45) is 0 Å². The fourth-order valence-corrected chi connectivity index (χ4v) is 7.98. The second-order valence-electron chi connectivity index (χ2n) is 10.4. The van der Waals surface area contributed by atoms with Crippen LogP contribution in [-0.2, 0) is 18.7 Å². The predicted octanol–water partition coefficient (Wildman–Crippen LogP) is 5.01. The Morgan fingerprint density at radius 1 is 0.545 bits per heavy atom. The van der Waals surface area contributed by atoms with Crippen LogP contribution in [0, 0.1) is 0 Å². The molecule has 0 radical (unpaired) electrons. The van der Waals surface area contributed by atoms with Crippen molar-refractivity contribution in [3.63, 3.8) is 0 Å². The van der Waals surface area contributed by atoms with Gasteiger partial charge < -0.3 is 0 Å². The fraction of sp³-hybridized carbons (Fsp3) is 0.345. The molecular weight excluding hydrogens is 514 g/mol. The maximum atomic E-state index is 3.42. The standard InChI is InChI=1S/C18H15P.C11H22N2.Pd/c1-4-10-16(11-5-1)19(17-12-6-2-7-13-17)18-14-8-3-9-15-18;1-10(2,3)12-7-8-13(9-12)11(4,5)6;/h1-15H;7-8H2,1-6H3;/p+1. The van der Waals surface area contributed by atoms with Gasteiger partial charge >= 0.3 is 98.5 Å². The van der Waals surface area contributed by atoms with Crippen molar-refractivity contribution >= 4 is 28.1 Å². The van der Waals surface area contributed by atoms with Crippen molar-refractivity contribution in [3.8, 4) is 0 Å². The Morgan fingerprint density at radius 2 is 0.818 bits per heavy atom. The van der Waals surface area contributed by atoms with Crippen molar-refractivity contribution < 1.29 is 18.7 Å². The first-order chi connectivity index (χ1) is 15.6. The van der Waals surface area contributed by atoms with E-state index < -0.39 is 7.92 Å². The van der Waals surface area contributed by atoms with Crippen LogP contribution in [0.1, 0.15) is 41.5 Å². The molecule has 0 spiro atoms. The first-order valence-corrected chi connectivity index (χ1v) is 13.9. The molecule has 178 valence electrons. The molecule has 2 nitrogen and oxygen atoms in total. The van der Waals surface area contributed by atoms with Crippen LogP contribution in [0.5, 0.6) is 0 Å². The Balaban J connectivity index is 0.000000196. The predicted molar refractivity (Wildman–Crippen MR) is 144 cm³/mol. The molecule has 1 aliphatic heterocycles. The van der Waals surface area contributed by atoms with E-state index in [0.717, 1.165) is 13.1 Å². The number of hydrogen-bond donors (Lipinski definition) is 0. The molecule has 1 fully saturated rings. The van der Waals surface area contributed by atoms with Gasteiger partial charge in [-0.1, -0.05) is 54.6 Å². The minimum Gasteiger partial charge on any atom is -0.0620 e. The molecule has 0 bridgehead atoms. The Kier molecular flexibility index (Phi) is 8.96. The molecule has 0 saturated carbocycles. The third-order valence-electron chi connectivity index (χ3n) is 5.77. The Bertz CT molecular complexity index is 890. The zero-order chi connectivity index (χ0) is 24.1. The van der Waals surface area contributed by atoms with Crippen molar-refractivity contribution in [3.05, 3.63) is 91.0 Å². The summed E-state index contributed by atoms with van der Waals surface area (Å²) in [6.07, 6.45) is 0. The minimum atomic E-state index is -0.877. The Hall–Kier alpha value is -1.46. The van der Waals surface area contributed by atoms with Gasteiger partial charge in [0, 0.05) is 0 Å². The summed E-state index contributed by atoms with van der Waals surface area (Å²) in [5, 5.41) is 4.31. The van der Waals surface area contributed by atoms with Crippen molar-refractivity contribution in [2.45, 2.75) is 52.6 Å². The van der Waals surface area contributed by atoms with Gasteiger partial charge in [0.1, 0.15) is 15.9 Å². The van der Waals surface area contributed by atoms with Gasteiger partial charge in [-0.25, -0.2) is 0 Å². The van der Waals surface area contributed by atoms with E-state index >= 15 is 0 Å². The molecule has 0 amide bonds. The first kappa shape index (κ1) is 26.2. The monoisotopic (exact) mass is 551 g/mol.